The van der Waals surface area contributed by atoms with Crippen LogP contribution >= 0.6 is 11.3 Å². The average Bonchev–Trinajstić information content (AvgIpc) is 2.81. The van der Waals surface area contributed by atoms with Gasteiger partial charge in [-0.05, 0) is 44.0 Å². The van der Waals surface area contributed by atoms with Crippen molar-refractivity contribution in [1.29, 1.82) is 0 Å². The Morgan fingerprint density at radius 1 is 1.11 bits per heavy atom. The third-order valence-electron chi connectivity index (χ3n) is 3.13. The van der Waals surface area contributed by atoms with Crippen molar-refractivity contribution < 1.29 is 0 Å². The van der Waals surface area contributed by atoms with E-state index in [-0.39, 0.29) is 0 Å². The number of hydrogen-bond acceptors (Lipinski definition) is 2. The quantitative estimate of drug-likeness (QED) is 0.813. The molecule has 0 spiro atoms. The Morgan fingerprint density at radius 2 is 1.89 bits per heavy atom. The molecular weight excluding hydrogens is 238 g/mol. The van der Waals surface area contributed by atoms with Crippen molar-refractivity contribution in [1.82, 2.24) is 5.32 Å². The summed E-state index contributed by atoms with van der Waals surface area (Å²) in [5.74, 6) is 0. The molecule has 2 aromatic rings. The molecule has 0 aliphatic carbocycles. The van der Waals surface area contributed by atoms with Gasteiger partial charge in [0, 0.05) is 15.8 Å². The van der Waals surface area contributed by atoms with Gasteiger partial charge in [-0.25, -0.2) is 0 Å². The number of benzene rings is 1. The minimum absolute atomic E-state index is 0.471. The SMILES string of the molecule is CCNC(CCc1ccc(C)s1)c1ccccc1. The lowest BCUT2D eigenvalue weighted by Gasteiger charge is -2.17. The molecule has 0 aliphatic rings. The van der Waals surface area contributed by atoms with Gasteiger partial charge in [-0.3, -0.25) is 0 Å². The summed E-state index contributed by atoms with van der Waals surface area (Å²) in [4.78, 5) is 2.90. The highest BCUT2D eigenvalue weighted by molar-refractivity contribution is 7.11. The second-order valence-corrected chi connectivity index (χ2v) is 5.94. The van der Waals surface area contributed by atoms with Crippen LogP contribution in [0.2, 0.25) is 0 Å². The molecule has 2 heteroatoms. The van der Waals surface area contributed by atoms with Crippen molar-refractivity contribution in [2.45, 2.75) is 32.7 Å². The van der Waals surface area contributed by atoms with Crippen LogP contribution in [0.1, 0.15) is 34.7 Å². The van der Waals surface area contributed by atoms with Crippen LogP contribution in [0.15, 0.2) is 42.5 Å². The van der Waals surface area contributed by atoms with Gasteiger partial charge in [-0.2, -0.15) is 0 Å². The first kappa shape index (κ1) is 13.3. The molecule has 0 fully saturated rings. The third kappa shape index (κ3) is 3.69. The second-order valence-electron chi connectivity index (χ2n) is 4.57. The topological polar surface area (TPSA) is 12.0 Å². The van der Waals surface area contributed by atoms with E-state index in [9.17, 15) is 0 Å². The molecule has 0 amide bonds. The molecule has 0 radical (unpaired) electrons. The van der Waals surface area contributed by atoms with E-state index in [2.05, 4.69) is 61.6 Å². The summed E-state index contributed by atoms with van der Waals surface area (Å²) < 4.78 is 0. The van der Waals surface area contributed by atoms with E-state index in [4.69, 9.17) is 0 Å². The molecule has 0 saturated heterocycles. The maximum atomic E-state index is 3.58. The normalized spacial score (nSPS) is 12.6. The fraction of sp³-hybridized carbons (Fsp3) is 0.375. The molecule has 96 valence electrons. The standard InChI is InChI=1S/C16H21NS/c1-3-17-16(14-7-5-4-6-8-14)12-11-15-10-9-13(2)18-15/h4-10,16-17H,3,11-12H2,1-2H3. The highest BCUT2D eigenvalue weighted by Crippen LogP contribution is 2.22. The van der Waals surface area contributed by atoms with Crippen molar-refractivity contribution in [3.63, 3.8) is 0 Å². The van der Waals surface area contributed by atoms with Crippen molar-refractivity contribution in [2.24, 2.45) is 0 Å². The lowest BCUT2D eigenvalue weighted by atomic mass is 10.0. The number of rotatable bonds is 6. The molecule has 0 bridgehead atoms. The van der Waals surface area contributed by atoms with Gasteiger partial charge in [0.1, 0.15) is 0 Å². The van der Waals surface area contributed by atoms with Gasteiger partial charge in [-0.15, -0.1) is 11.3 Å². The average molecular weight is 259 g/mol. The Labute approximate surface area is 114 Å². The molecule has 1 nitrogen and oxygen atoms in total. The zero-order valence-electron chi connectivity index (χ0n) is 11.1. The summed E-state index contributed by atoms with van der Waals surface area (Å²) in [6.45, 7) is 5.36. The van der Waals surface area contributed by atoms with Gasteiger partial charge >= 0.3 is 0 Å². The molecule has 0 saturated carbocycles. The van der Waals surface area contributed by atoms with E-state index < -0.39 is 0 Å². The van der Waals surface area contributed by atoms with Crippen LogP contribution in [0.3, 0.4) is 0 Å². The van der Waals surface area contributed by atoms with Gasteiger partial charge in [0.2, 0.25) is 0 Å². The smallest absolute Gasteiger partial charge is 0.0323 e. The van der Waals surface area contributed by atoms with Gasteiger partial charge in [0.25, 0.3) is 0 Å². The lowest BCUT2D eigenvalue weighted by Crippen LogP contribution is -2.21. The summed E-state index contributed by atoms with van der Waals surface area (Å²) in [6.07, 6.45) is 2.32. The van der Waals surface area contributed by atoms with Crippen LogP contribution in [-0.2, 0) is 6.42 Å². The minimum atomic E-state index is 0.471. The number of nitrogens with one attached hydrogen (secondary N) is 1. The largest absolute Gasteiger partial charge is 0.310 e. The Balaban J connectivity index is 1.98. The molecule has 2 rings (SSSR count). The molecule has 0 aliphatic heterocycles. The van der Waals surface area contributed by atoms with Crippen molar-refractivity contribution in [2.75, 3.05) is 6.54 Å². The molecule has 1 heterocycles. The van der Waals surface area contributed by atoms with Gasteiger partial charge in [-0.1, -0.05) is 37.3 Å². The lowest BCUT2D eigenvalue weighted by molar-refractivity contribution is 0.517. The summed E-state index contributed by atoms with van der Waals surface area (Å²) in [5, 5.41) is 3.58. The van der Waals surface area contributed by atoms with Crippen LogP contribution in [0, 0.1) is 6.92 Å². The minimum Gasteiger partial charge on any atom is -0.310 e. The zero-order valence-corrected chi connectivity index (χ0v) is 12.0. The molecule has 1 atom stereocenters. The van der Waals surface area contributed by atoms with Gasteiger partial charge in [0.05, 0.1) is 0 Å². The summed E-state index contributed by atoms with van der Waals surface area (Å²) in [5.41, 5.74) is 1.40. The van der Waals surface area contributed by atoms with Gasteiger partial charge < -0.3 is 5.32 Å². The Kier molecular flexibility index (Phi) is 4.97. The van der Waals surface area contributed by atoms with Gasteiger partial charge in [0.15, 0.2) is 0 Å². The van der Waals surface area contributed by atoms with E-state index in [1.165, 1.54) is 15.3 Å². The van der Waals surface area contributed by atoms with E-state index in [1.54, 1.807) is 0 Å². The second kappa shape index (κ2) is 6.72. The predicted octanol–water partition coefficient (Wildman–Crippen LogP) is 4.34. The van der Waals surface area contributed by atoms with Crippen molar-refractivity contribution in [3.05, 3.63) is 57.8 Å². The molecule has 18 heavy (non-hydrogen) atoms. The maximum absolute atomic E-state index is 3.58. The zero-order chi connectivity index (χ0) is 12.8. The molecule has 1 aromatic heterocycles. The monoisotopic (exact) mass is 259 g/mol. The van der Waals surface area contributed by atoms with E-state index in [0.29, 0.717) is 6.04 Å². The first-order valence-electron chi connectivity index (χ1n) is 6.63. The van der Waals surface area contributed by atoms with E-state index in [0.717, 1.165) is 19.4 Å². The number of thiophene rings is 1. The Bertz CT molecular complexity index is 461. The van der Waals surface area contributed by atoms with Crippen LogP contribution in [-0.4, -0.2) is 6.54 Å². The number of aryl methyl sites for hydroxylation is 2. The fourth-order valence-electron chi connectivity index (χ4n) is 2.22. The van der Waals surface area contributed by atoms with E-state index in [1.807, 2.05) is 11.3 Å². The Morgan fingerprint density at radius 3 is 2.50 bits per heavy atom. The van der Waals surface area contributed by atoms with Crippen LogP contribution in [0.25, 0.3) is 0 Å². The summed E-state index contributed by atoms with van der Waals surface area (Å²) in [6, 6.07) is 15.7. The Hall–Kier alpha value is -1.12. The molecule has 1 N–H and O–H groups in total. The fourth-order valence-corrected chi connectivity index (χ4v) is 3.13. The predicted molar refractivity (Wildman–Crippen MR) is 80.2 cm³/mol. The summed E-state index contributed by atoms with van der Waals surface area (Å²) in [7, 11) is 0. The first-order valence-corrected chi connectivity index (χ1v) is 7.45. The van der Waals surface area contributed by atoms with E-state index >= 15 is 0 Å². The molecular formula is C16H21NS. The first-order chi connectivity index (χ1) is 8.79. The third-order valence-corrected chi connectivity index (χ3v) is 4.19. The summed E-state index contributed by atoms with van der Waals surface area (Å²) >= 11 is 1.92. The highest BCUT2D eigenvalue weighted by Gasteiger charge is 2.10. The van der Waals surface area contributed by atoms with Crippen molar-refractivity contribution in [3.8, 4) is 0 Å². The number of hydrogen-bond donors (Lipinski definition) is 1. The van der Waals surface area contributed by atoms with Crippen molar-refractivity contribution >= 4 is 11.3 Å². The van der Waals surface area contributed by atoms with Crippen LogP contribution < -0.4 is 5.32 Å². The highest BCUT2D eigenvalue weighted by atomic mass is 32.1. The maximum Gasteiger partial charge on any atom is 0.0323 e. The van der Waals surface area contributed by atoms with Crippen LogP contribution in [0.4, 0.5) is 0 Å². The molecule has 1 aromatic carbocycles. The van der Waals surface area contributed by atoms with Crippen LogP contribution in [0.5, 0.6) is 0 Å². The molecule has 1 unspecified atom stereocenters.